The molecule has 7 heteroatoms. The van der Waals surface area contributed by atoms with Gasteiger partial charge in [-0.3, -0.25) is 4.79 Å². The minimum absolute atomic E-state index is 0. The predicted molar refractivity (Wildman–Crippen MR) is 63.5 cm³/mol. The molecule has 4 N–H and O–H groups in total. The van der Waals surface area contributed by atoms with E-state index in [0.717, 1.165) is 0 Å². The molecule has 0 aliphatic heterocycles. The van der Waals surface area contributed by atoms with E-state index in [4.69, 9.17) is 10.8 Å². The Morgan fingerprint density at radius 2 is 2.13 bits per heavy atom. The lowest BCUT2D eigenvalue weighted by Gasteiger charge is -2.13. The third-order valence-electron chi connectivity index (χ3n) is 1.62. The minimum Gasteiger partial charge on any atom is -0.480 e. The molecule has 0 rings (SSSR count). The molecule has 0 saturated carbocycles. The quantitative estimate of drug-likeness (QED) is 0.600. The first-order valence-electron chi connectivity index (χ1n) is 4.33. The van der Waals surface area contributed by atoms with Crippen molar-refractivity contribution in [3.8, 4) is 0 Å². The van der Waals surface area contributed by atoms with Crippen LogP contribution in [-0.2, 0) is 9.59 Å². The lowest BCUT2D eigenvalue weighted by Crippen LogP contribution is -2.41. The Hall–Kier alpha value is -0.460. The summed E-state index contributed by atoms with van der Waals surface area (Å²) >= 11 is 1.55. The van der Waals surface area contributed by atoms with Crippen molar-refractivity contribution >= 4 is 36.0 Å². The average molecular weight is 257 g/mol. The highest BCUT2D eigenvalue weighted by molar-refractivity contribution is 7.98. The zero-order valence-electron chi connectivity index (χ0n) is 8.56. The molecule has 1 atom stereocenters. The van der Waals surface area contributed by atoms with Crippen molar-refractivity contribution in [2.24, 2.45) is 5.73 Å². The van der Waals surface area contributed by atoms with Crippen LogP contribution in [0.15, 0.2) is 0 Å². The number of aliphatic carboxylic acids is 1. The van der Waals surface area contributed by atoms with Crippen molar-refractivity contribution in [3.05, 3.63) is 0 Å². The zero-order chi connectivity index (χ0) is 11.0. The van der Waals surface area contributed by atoms with Crippen LogP contribution >= 0.6 is 24.2 Å². The summed E-state index contributed by atoms with van der Waals surface area (Å²) in [4.78, 5) is 21.7. The van der Waals surface area contributed by atoms with Crippen LogP contribution in [0.5, 0.6) is 0 Å². The zero-order valence-corrected chi connectivity index (χ0v) is 10.2. The molecule has 5 nitrogen and oxygen atoms in total. The fourth-order valence-corrected chi connectivity index (χ4v) is 1.36. The molecule has 0 aliphatic rings. The van der Waals surface area contributed by atoms with Crippen molar-refractivity contribution in [2.75, 3.05) is 18.6 Å². The molecular formula is C8H17ClN2O3S. The molecule has 0 spiro atoms. The lowest BCUT2D eigenvalue weighted by atomic mass is 10.2. The van der Waals surface area contributed by atoms with Gasteiger partial charge in [0.2, 0.25) is 5.91 Å². The summed E-state index contributed by atoms with van der Waals surface area (Å²) in [5.74, 6) is -0.592. The second kappa shape index (κ2) is 10.1. The smallest absolute Gasteiger partial charge is 0.326 e. The van der Waals surface area contributed by atoms with Gasteiger partial charge in [-0.15, -0.1) is 12.4 Å². The van der Waals surface area contributed by atoms with Gasteiger partial charge in [0.1, 0.15) is 6.04 Å². The van der Waals surface area contributed by atoms with Gasteiger partial charge in [0.25, 0.3) is 0 Å². The molecule has 0 aromatic heterocycles. The highest BCUT2D eigenvalue weighted by Gasteiger charge is 2.18. The molecule has 0 radical (unpaired) electrons. The molecule has 1 amide bonds. The number of rotatable bonds is 7. The van der Waals surface area contributed by atoms with Crippen LogP contribution in [0, 0.1) is 0 Å². The molecule has 0 aliphatic carbocycles. The van der Waals surface area contributed by atoms with E-state index in [0.29, 0.717) is 12.2 Å². The van der Waals surface area contributed by atoms with E-state index in [-0.39, 0.29) is 31.3 Å². The number of carbonyl (C=O) groups is 2. The number of hydrogen-bond acceptors (Lipinski definition) is 4. The number of thioether (sulfide) groups is 1. The van der Waals surface area contributed by atoms with Gasteiger partial charge in [-0.05, 0) is 18.4 Å². The van der Waals surface area contributed by atoms with Crippen LogP contribution in [-0.4, -0.2) is 41.6 Å². The largest absolute Gasteiger partial charge is 0.480 e. The van der Waals surface area contributed by atoms with E-state index in [9.17, 15) is 9.59 Å². The fourth-order valence-electron chi connectivity index (χ4n) is 0.891. The Bertz CT molecular complexity index is 204. The van der Waals surface area contributed by atoms with Crippen LogP contribution in [0.3, 0.4) is 0 Å². The summed E-state index contributed by atoms with van der Waals surface area (Å²) in [6.07, 6.45) is 2.50. The van der Waals surface area contributed by atoms with Crippen LogP contribution < -0.4 is 11.1 Å². The standard InChI is InChI=1S/C8H16N2O3S.ClH/c1-14-5-3-6(8(12)13)10-7(11)2-4-9;/h6H,2-5,9H2,1H3,(H,10,11)(H,12,13);1H/t6-;/m0./s1. The number of hydrogen-bond donors (Lipinski definition) is 3. The number of halogens is 1. The van der Waals surface area contributed by atoms with Gasteiger partial charge in [-0.1, -0.05) is 0 Å². The van der Waals surface area contributed by atoms with Crippen LogP contribution in [0.2, 0.25) is 0 Å². The van der Waals surface area contributed by atoms with E-state index in [1.54, 1.807) is 11.8 Å². The summed E-state index contributed by atoms with van der Waals surface area (Å²) in [6.45, 7) is 0.237. The van der Waals surface area contributed by atoms with E-state index < -0.39 is 12.0 Å². The molecule has 90 valence electrons. The molecule has 0 fully saturated rings. The number of carboxylic acid groups (broad SMARTS) is 1. The van der Waals surface area contributed by atoms with Gasteiger partial charge in [0, 0.05) is 13.0 Å². The Labute approximate surface area is 99.6 Å². The number of carbonyl (C=O) groups excluding carboxylic acids is 1. The molecule has 0 heterocycles. The van der Waals surface area contributed by atoms with Crippen molar-refractivity contribution in [3.63, 3.8) is 0 Å². The van der Waals surface area contributed by atoms with E-state index in [2.05, 4.69) is 5.32 Å². The number of amides is 1. The Balaban J connectivity index is 0. The third kappa shape index (κ3) is 8.53. The van der Waals surface area contributed by atoms with E-state index in [1.165, 1.54) is 0 Å². The first-order valence-corrected chi connectivity index (χ1v) is 5.72. The molecule has 0 unspecified atom stereocenters. The maximum Gasteiger partial charge on any atom is 0.326 e. The first-order chi connectivity index (χ1) is 6.61. The molecule has 0 saturated heterocycles. The van der Waals surface area contributed by atoms with Crippen LogP contribution in [0.25, 0.3) is 0 Å². The monoisotopic (exact) mass is 256 g/mol. The SMILES string of the molecule is CSCC[C@H](NC(=O)CCN)C(=O)O.Cl. The summed E-state index contributed by atoms with van der Waals surface area (Å²) in [5.41, 5.74) is 5.17. The van der Waals surface area contributed by atoms with Crippen molar-refractivity contribution < 1.29 is 14.7 Å². The maximum atomic E-state index is 11.1. The van der Waals surface area contributed by atoms with E-state index >= 15 is 0 Å². The summed E-state index contributed by atoms with van der Waals surface area (Å²) < 4.78 is 0. The van der Waals surface area contributed by atoms with E-state index in [1.807, 2.05) is 6.26 Å². The minimum atomic E-state index is -0.996. The van der Waals surface area contributed by atoms with Gasteiger partial charge >= 0.3 is 5.97 Å². The normalized spacial score (nSPS) is 11.3. The number of nitrogens with one attached hydrogen (secondary N) is 1. The molecule has 15 heavy (non-hydrogen) atoms. The summed E-state index contributed by atoms with van der Waals surface area (Å²) in [5, 5.41) is 11.2. The number of nitrogens with two attached hydrogens (primary N) is 1. The highest BCUT2D eigenvalue weighted by atomic mass is 35.5. The third-order valence-corrected chi connectivity index (χ3v) is 2.26. The highest BCUT2D eigenvalue weighted by Crippen LogP contribution is 2.01. The fraction of sp³-hybridized carbons (Fsp3) is 0.750. The van der Waals surface area contributed by atoms with Crippen LogP contribution in [0.4, 0.5) is 0 Å². The average Bonchev–Trinajstić information content (AvgIpc) is 2.12. The van der Waals surface area contributed by atoms with Gasteiger partial charge in [-0.2, -0.15) is 11.8 Å². The van der Waals surface area contributed by atoms with Crippen molar-refractivity contribution in [2.45, 2.75) is 18.9 Å². The number of carboxylic acids is 1. The van der Waals surface area contributed by atoms with Gasteiger partial charge < -0.3 is 16.2 Å². The lowest BCUT2D eigenvalue weighted by molar-refractivity contribution is -0.141. The first kappa shape index (κ1) is 17.0. The Morgan fingerprint density at radius 3 is 2.53 bits per heavy atom. The van der Waals surface area contributed by atoms with Gasteiger partial charge in [-0.25, -0.2) is 4.79 Å². The summed E-state index contributed by atoms with van der Waals surface area (Å²) in [7, 11) is 0. The second-order valence-corrected chi connectivity index (χ2v) is 3.76. The summed E-state index contributed by atoms with van der Waals surface area (Å²) in [6, 6.07) is -0.790. The predicted octanol–water partition coefficient (Wildman–Crippen LogP) is 0.0795. The molecule has 0 aromatic rings. The molecule has 0 aromatic carbocycles. The maximum absolute atomic E-state index is 11.1. The topological polar surface area (TPSA) is 92.4 Å². The Kier molecular flexibility index (Phi) is 11.4. The van der Waals surface area contributed by atoms with Crippen molar-refractivity contribution in [1.29, 1.82) is 0 Å². The van der Waals surface area contributed by atoms with Crippen LogP contribution in [0.1, 0.15) is 12.8 Å². The van der Waals surface area contributed by atoms with Gasteiger partial charge in [0.05, 0.1) is 0 Å². The van der Waals surface area contributed by atoms with Crippen molar-refractivity contribution in [1.82, 2.24) is 5.32 Å². The molecular weight excluding hydrogens is 240 g/mol. The Morgan fingerprint density at radius 1 is 1.53 bits per heavy atom. The second-order valence-electron chi connectivity index (χ2n) is 2.78. The van der Waals surface area contributed by atoms with Gasteiger partial charge in [0.15, 0.2) is 0 Å². The molecule has 0 bridgehead atoms.